The van der Waals surface area contributed by atoms with Crippen LogP contribution in [0.3, 0.4) is 0 Å². The molecule has 3 aromatic rings. The number of hydrogen-bond acceptors (Lipinski definition) is 6. The largest absolute Gasteiger partial charge is 0.497 e. The van der Waals surface area contributed by atoms with E-state index in [0.29, 0.717) is 28.4 Å². The predicted octanol–water partition coefficient (Wildman–Crippen LogP) is 3.57. The van der Waals surface area contributed by atoms with Crippen LogP contribution in [0.1, 0.15) is 45.0 Å². The van der Waals surface area contributed by atoms with Crippen molar-refractivity contribution in [3.63, 3.8) is 0 Å². The Labute approximate surface area is 210 Å². The van der Waals surface area contributed by atoms with Crippen LogP contribution in [-0.2, 0) is 14.3 Å². The van der Waals surface area contributed by atoms with Crippen molar-refractivity contribution in [1.82, 2.24) is 4.90 Å². The van der Waals surface area contributed by atoms with E-state index in [2.05, 4.69) is 0 Å². The Balaban J connectivity index is 1.98. The van der Waals surface area contributed by atoms with E-state index in [9.17, 15) is 14.4 Å². The molecule has 1 aliphatic rings. The summed E-state index contributed by atoms with van der Waals surface area (Å²) in [6.07, 6.45) is 0. The molecule has 2 heterocycles. The third-order valence-corrected chi connectivity index (χ3v) is 6.76. The summed E-state index contributed by atoms with van der Waals surface area (Å²) in [5.41, 5.74) is 7.79. The second kappa shape index (κ2) is 10.4. The fourth-order valence-electron chi connectivity index (χ4n) is 5.33. The first-order valence-electron chi connectivity index (χ1n) is 11.7. The molecule has 4 atom stereocenters. The van der Waals surface area contributed by atoms with Crippen LogP contribution < -0.4 is 10.5 Å². The number of ketones is 1. The van der Waals surface area contributed by atoms with Gasteiger partial charge in [-0.05, 0) is 43.2 Å². The standard InChI is InChI=1S/C28H30N2O6/c1-16-14-21(17(2)36-16)27(32)24-23(18-10-12-20(35-4)13-11-18)26(28(29)33)30(22(31)15-34-3)25(24)19-8-6-5-7-9-19/h5-14,23-26H,15H2,1-4H3,(H2,29,33). The number of rotatable bonds is 8. The monoisotopic (exact) mass is 490 g/mol. The molecule has 36 heavy (non-hydrogen) atoms. The Bertz CT molecular complexity index is 1250. The second-order valence-corrected chi connectivity index (χ2v) is 8.95. The maximum atomic E-state index is 14.3. The highest BCUT2D eigenvalue weighted by Crippen LogP contribution is 2.51. The van der Waals surface area contributed by atoms with Gasteiger partial charge < -0.3 is 24.5 Å². The zero-order chi connectivity index (χ0) is 26.0. The Morgan fingerprint density at radius 1 is 0.972 bits per heavy atom. The van der Waals surface area contributed by atoms with Gasteiger partial charge in [-0.15, -0.1) is 0 Å². The molecule has 4 unspecified atom stereocenters. The Kier molecular flexibility index (Phi) is 7.26. The molecule has 2 N–H and O–H groups in total. The normalized spacial score (nSPS) is 21.4. The molecule has 8 heteroatoms. The van der Waals surface area contributed by atoms with Gasteiger partial charge in [0.2, 0.25) is 11.8 Å². The molecule has 0 bridgehead atoms. The van der Waals surface area contributed by atoms with Gasteiger partial charge in [0, 0.05) is 13.0 Å². The van der Waals surface area contributed by atoms with E-state index in [1.165, 1.54) is 12.0 Å². The Hall–Kier alpha value is -3.91. The maximum Gasteiger partial charge on any atom is 0.249 e. The molecule has 188 valence electrons. The third-order valence-electron chi connectivity index (χ3n) is 6.76. The zero-order valence-corrected chi connectivity index (χ0v) is 20.8. The van der Waals surface area contributed by atoms with Crippen LogP contribution in [0, 0.1) is 19.8 Å². The lowest BCUT2D eigenvalue weighted by atomic mass is 9.76. The lowest BCUT2D eigenvalue weighted by Gasteiger charge is -2.30. The smallest absolute Gasteiger partial charge is 0.249 e. The zero-order valence-electron chi connectivity index (χ0n) is 20.8. The molecule has 8 nitrogen and oxygen atoms in total. The van der Waals surface area contributed by atoms with Crippen LogP contribution in [-0.4, -0.2) is 49.4 Å². The minimum absolute atomic E-state index is 0.224. The summed E-state index contributed by atoms with van der Waals surface area (Å²) in [6.45, 7) is 3.25. The minimum atomic E-state index is -1.08. The summed E-state index contributed by atoms with van der Waals surface area (Å²) >= 11 is 0. The van der Waals surface area contributed by atoms with Crippen molar-refractivity contribution in [3.8, 4) is 5.75 Å². The highest BCUT2D eigenvalue weighted by molar-refractivity contribution is 6.02. The molecule has 1 aliphatic heterocycles. The highest BCUT2D eigenvalue weighted by atomic mass is 16.5. The first-order valence-corrected chi connectivity index (χ1v) is 11.7. The van der Waals surface area contributed by atoms with Crippen LogP contribution in [0.5, 0.6) is 5.75 Å². The van der Waals surface area contributed by atoms with Gasteiger partial charge in [-0.3, -0.25) is 14.4 Å². The summed E-state index contributed by atoms with van der Waals surface area (Å²) in [5, 5.41) is 0. The minimum Gasteiger partial charge on any atom is -0.497 e. The van der Waals surface area contributed by atoms with Crippen LogP contribution in [0.2, 0.25) is 0 Å². The summed E-state index contributed by atoms with van der Waals surface area (Å²) < 4.78 is 16.1. The fourth-order valence-corrected chi connectivity index (χ4v) is 5.33. The summed E-state index contributed by atoms with van der Waals surface area (Å²) in [6, 6.07) is 16.2. The molecular weight excluding hydrogens is 460 g/mol. The first-order chi connectivity index (χ1) is 17.3. The number of hydrogen-bond donors (Lipinski definition) is 1. The van der Waals surface area contributed by atoms with Crippen LogP contribution >= 0.6 is 0 Å². The number of primary amides is 1. The number of carbonyl (C=O) groups is 3. The number of methoxy groups -OCH3 is 2. The molecular formula is C28H30N2O6. The number of furan rings is 1. The number of benzene rings is 2. The molecule has 0 spiro atoms. The number of carbonyl (C=O) groups excluding carboxylic acids is 3. The van der Waals surface area contributed by atoms with Crippen LogP contribution in [0.15, 0.2) is 65.1 Å². The predicted molar refractivity (Wildman–Crippen MR) is 133 cm³/mol. The van der Waals surface area contributed by atoms with Gasteiger partial charge in [0.05, 0.1) is 24.6 Å². The van der Waals surface area contributed by atoms with Gasteiger partial charge >= 0.3 is 0 Å². The number of nitrogens with zero attached hydrogens (tertiary/aromatic N) is 1. The van der Waals surface area contributed by atoms with Crippen molar-refractivity contribution in [3.05, 3.63) is 88.9 Å². The summed E-state index contributed by atoms with van der Waals surface area (Å²) in [7, 11) is 2.97. The van der Waals surface area contributed by atoms with Gasteiger partial charge in [-0.25, -0.2) is 0 Å². The van der Waals surface area contributed by atoms with E-state index in [4.69, 9.17) is 19.6 Å². The molecule has 2 amide bonds. The third kappa shape index (κ3) is 4.52. The van der Waals surface area contributed by atoms with Crippen LogP contribution in [0.25, 0.3) is 0 Å². The first kappa shape index (κ1) is 25.2. The molecule has 1 aromatic heterocycles. The summed E-state index contributed by atoms with van der Waals surface area (Å²) in [5.74, 6) is -1.15. The molecule has 2 aromatic carbocycles. The molecule has 0 aliphatic carbocycles. The number of nitrogens with two attached hydrogens (primary N) is 1. The average molecular weight is 491 g/mol. The van der Waals surface area contributed by atoms with Crippen molar-refractivity contribution >= 4 is 17.6 Å². The Morgan fingerprint density at radius 2 is 1.64 bits per heavy atom. The second-order valence-electron chi connectivity index (χ2n) is 8.95. The van der Waals surface area contributed by atoms with Gasteiger partial charge in [0.25, 0.3) is 0 Å². The van der Waals surface area contributed by atoms with E-state index in [0.717, 1.165) is 5.56 Å². The van der Waals surface area contributed by atoms with Crippen molar-refractivity contribution in [1.29, 1.82) is 0 Å². The van der Waals surface area contributed by atoms with Crippen molar-refractivity contribution < 1.29 is 28.3 Å². The quantitative estimate of drug-likeness (QED) is 0.483. The number of aryl methyl sites for hydroxylation is 2. The number of likely N-dealkylation sites (tertiary alicyclic amines) is 1. The van der Waals surface area contributed by atoms with Gasteiger partial charge in [-0.2, -0.15) is 0 Å². The van der Waals surface area contributed by atoms with E-state index in [1.54, 1.807) is 51.3 Å². The SMILES string of the molecule is COCC(=O)N1C(C(N)=O)C(c2ccc(OC)cc2)C(C(=O)c2cc(C)oc2C)C1c1ccccc1. The maximum absolute atomic E-state index is 14.3. The topological polar surface area (TPSA) is 112 Å². The molecule has 1 fully saturated rings. The molecule has 0 saturated carbocycles. The van der Waals surface area contributed by atoms with Gasteiger partial charge in [-0.1, -0.05) is 42.5 Å². The van der Waals surface area contributed by atoms with E-state index in [1.807, 2.05) is 30.3 Å². The average Bonchev–Trinajstić information content (AvgIpc) is 3.41. The molecule has 4 rings (SSSR count). The van der Waals surface area contributed by atoms with Crippen LogP contribution in [0.4, 0.5) is 0 Å². The van der Waals surface area contributed by atoms with Crippen molar-refractivity contribution in [2.45, 2.75) is 31.8 Å². The number of Topliss-reactive ketones (excluding diaryl/α,β-unsaturated/α-hetero) is 1. The van der Waals surface area contributed by atoms with E-state index in [-0.39, 0.29) is 12.4 Å². The van der Waals surface area contributed by atoms with E-state index < -0.39 is 35.7 Å². The lowest BCUT2D eigenvalue weighted by molar-refractivity contribution is -0.143. The lowest BCUT2D eigenvalue weighted by Crippen LogP contribution is -2.47. The van der Waals surface area contributed by atoms with Gasteiger partial charge in [0.15, 0.2) is 5.78 Å². The van der Waals surface area contributed by atoms with E-state index >= 15 is 0 Å². The van der Waals surface area contributed by atoms with Crippen molar-refractivity contribution in [2.24, 2.45) is 11.7 Å². The van der Waals surface area contributed by atoms with Crippen molar-refractivity contribution in [2.75, 3.05) is 20.8 Å². The highest BCUT2D eigenvalue weighted by Gasteiger charge is 2.57. The molecule has 0 radical (unpaired) electrons. The van der Waals surface area contributed by atoms with Gasteiger partial charge in [0.1, 0.15) is 29.9 Å². The molecule has 1 saturated heterocycles. The number of ether oxygens (including phenoxy) is 2. The summed E-state index contributed by atoms with van der Waals surface area (Å²) in [4.78, 5) is 42.1. The number of amides is 2. The fraction of sp³-hybridized carbons (Fsp3) is 0.321. The Morgan fingerprint density at radius 3 is 2.17 bits per heavy atom.